The van der Waals surface area contributed by atoms with Crippen molar-refractivity contribution in [2.75, 3.05) is 13.2 Å². The Hall–Kier alpha value is -3.22. The van der Waals surface area contributed by atoms with E-state index in [-0.39, 0.29) is 13.2 Å². The summed E-state index contributed by atoms with van der Waals surface area (Å²) in [6.07, 6.45) is 2.67. The first kappa shape index (κ1) is 19.1. The molecule has 136 valence electrons. The highest BCUT2D eigenvalue weighted by Gasteiger charge is 2.27. The Morgan fingerprint density at radius 2 is 1.69 bits per heavy atom. The van der Waals surface area contributed by atoms with Gasteiger partial charge >= 0.3 is 11.9 Å². The fraction of sp³-hybridized carbons (Fsp3) is 0.263. The molecule has 0 aliphatic rings. The second-order valence-electron chi connectivity index (χ2n) is 5.03. The molecule has 0 N–H and O–H groups in total. The number of ether oxygens (including phenoxy) is 3. The Labute approximate surface area is 151 Å². The summed E-state index contributed by atoms with van der Waals surface area (Å²) in [7, 11) is 0. The van der Waals surface area contributed by atoms with Gasteiger partial charge in [-0.2, -0.15) is 0 Å². The molecule has 2 rings (SSSR count). The molecule has 0 spiro atoms. The van der Waals surface area contributed by atoms with Crippen LogP contribution in [0.4, 0.5) is 5.69 Å². The van der Waals surface area contributed by atoms with Crippen LogP contribution in [0.3, 0.4) is 0 Å². The van der Waals surface area contributed by atoms with Crippen molar-refractivity contribution in [2.45, 2.75) is 13.8 Å². The van der Waals surface area contributed by atoms with E-state index in [1.54, 1.807) is 26.0 Å². The van der Waals surface area contributed by atoms with Crippen LogP contribution in [0.25, 0.3) is 0 Å². The average Bonchev–Trinajstić information content (AvgIpc) is 2.64. The molecule has 0 bridgehead atoms. The van der Waals surface area contributed by atoms with Gasteiger partial charge in [-0.15, -0.1) is 0 Å². The number of aromatic nitrogens is 1. The molecule has 0 fully saturated rings. The van der Waals surface area contributed by atoms with Gasteiger partial charge in [-0.05, 0) is 32.0 Å². The van der Waals surface area contributed by atoms with E-state index >= 15 is 0 Å². The maximum Gasteiger partial charge on any atom is 0.325 e. The predicted molar refractivity (Wildman–Crippen MR) is 95.7 cm³/mol. The normalized spacial score (nSPS) is 10.7. The zero-order valence-electron chi connectivity index (χ0n) is 14.6. The molecule has 0 saturated carbocycles. The van der Waals surface area contributed by atoms with Crippen molar-refractivity contribution in [1.82, 2.24) is 4.98 Å². The van der Waals surface area contributed by atoms with Crippen LogP contribution in [0.1, 0.15) is 13.8 Å². The van der Waals surface area contributed by atoms with Gasteiger partial charge in [-0.25, -0.2) is 4.98 Å². The monoisotopic (exact) mass is 356 g/mol. The molecule has 26 heavy (non-hydrogen) atoms. The molecule has 0 amide bonds. The molecule has 0 atom stereocenters. The van der Waals surface area contributed by atoms with Crippen LogP contribution < -0.4 is 4.74 Å². The van der Waals surface area contributed by atoms with Gasteiger partial charge in [0.2, 0.25) is 5.88 Å². The summed E-state index contributed by atoms with van der Waals surface area (Å²) in [5.41, 5.74) is 0.462. The maximum absolute atomic E-state index is 11.9. The van der Waals surface area contributed by atoms with E-state index in [1.165, 1.54) is 12.4 Å². The lowest BCUT2D eigenvalue weighted by Crippen LogP contribution is -2.29. The van der Waals surface area contributed by atoms with E-state index in [4.69, 9.17) is 14.2 Å². The van der Waals surface area contributed by atoms with Gasteiger partial charge in [-0.1, -0.05) is 18.2 Å². The smallest absolute Gasteiger partial charge is 0.325 e. The van der Waals surface area contributed by atoms with Crippen molar-refractivity contribution in [3.8, 4) is 11.6 Å². The van der Waals surface area contributed by atoms with E-state index in [1.807, 2.05) is 30.3 Å². The third-order valence-electron chi connectivity index (χ3n) is 3.14. The molecule has 0 aliphatic carbocycles. The Morgan fingerprint density at radius 1 is 1.04 bits per heavy atom. The number of carbonyl (C=O) groups is 2. The SMILES string of the molecule is CCOC(=O)C(C=Nc1ccc(Oc2ccccc2)nc1)C(=O)OCC. The molecule has 0 radical (unpaired) electrons. The number of esters is 2. The Morgan fingerprint density at radius 3 is 2.23 bits per heavy atom. The summed E-state index contributed by atoms with van der Waals surface area (Å²) in [5, 5.41) is 0. The predicted octanol–water partition coefficient (Wildman–Crippen LogP) is 3.32. The average molecular weight is 356 g/mol. The molecule has 0 aliphatic heterocycles. The number of rotatable bonds is 8. The molecule has 1 aromatic carbocycles. The summed E-state index contributed by atoms with van der Waals surface area (Å²) in [5.74, 6) is -1.54. The van der Waals surface area contributed by atoms with Gasteiger partial charge in [0.25, 0.3) is 0 Å². The molecular weight excluding hydrogens is 336 g/mol. The minimum Gasteiger partial charge on any atom is -0.465 e. The van der Waals surface area contributed by atoms with Crippen LogP contribution in [0, 0.1) is 5.92 Å². The quantitative estimate of drug-likeness (QED) is 0.410. The highest BCUT2D eigenvalue weighted by atomic mass is 16.6. The number of pyridine rings is 1. The summed E-state index contributed by atoms with van der Waals surface area (Å²) < 4.78 is 15.3. The molecule has 0 saturated heterocycles. The van der Waals surface area contributed by atoms with Gasteiger partial charge in [0.1, 0.15) is 5.75 Å². The van der Waals surface area contributed by atoms with Gasteiger partial charge in [0, 0.05) is 12.3 Å². The molecule has 7 heteroatoms. The van der Waals surface area contributed by atoms with Crippen LogP contribution in [0.15, 0.2) is 53.7 Å². The van der Waals surface area contributed by atoms with Crippen LogP contribution in [0.5, 0.6) is 11.6 Å². The number of hydrogen-bond acceptors (Lipinski definition) is 7. The van der Waals surface area contributed by atoms with E-state index in [9.17, 15) is 9.59 Å². The first-order chi connectivity index (χ1) is 12.6. The van der Waals surface area contributed by atoms with Gasteiger partial charge < -0.3 is 14.2 Å². The summed E-state index contributed by atoms with van der Waals surface area (Å²) in [6, 6.07) is 12.5. The van der Waals surface area contributed by atoms with Crippen molar-refractivity contribution < 1.29 is 23.8 Å². The van der Waals surface area contributed by atoms with E-state index < -0.39 is 17.9 Å². The standard InChI is InChI=1S/C19H20N2O5/c1-3-24-18(22)16(19(23)25-4-2)13-20-14-10-11-17(21-12-14)26-15-8-6-5-7-9-15/h5-13,16H,3-4H2,1-2H3. The van der Waals surface area contributed by atoms with E-state index in [2.05, 4.69) is 9.98 Å². The highest BCUT2D eigenvalue weighted by molar-refractivity contribution is 6.09. The largest absolute Gasteiger partial charge is 0.465 e. The Balaban J connectivity index is 2.06. The second kappa shape index (κ2) is 9.93. The lowest BCUT2D eigenvalue weighted by molar-refractivity contribution is -0.157. The van der Waals surface area contributed by atoms with Crippen molar-refractivity contribution in [2.24, 2.45) is 10.9 Å². The zero-order chi connectivity index (χ0) is 18.8. The number of nitrogens with zero attached hydrogens (tertiary/aromatic N) is 2. The van der Waals surface area contributed by atoms with Crippen LogP contribution in [-0.2, 0) is 19.1 Å². The van der Waals surface area contributed by atoms with Gasteiger partial charge in [-0.3, -0.25) is 14.6 Å². The lowest BCUT2D eigenvalue weighted by atomic mass is 10.2. The molecule has 1 heterocycles. The van der Waals surface area contributed by atoms with Crippen molar-refractivity contribution >= 4 is 23.8 Å². The van der Waals surface area contributed by atoms with Crippen LogP contribution in [0.2, 0.25) is 0 Å². The molecule has 2 aromatic rings. The van der Waals surface area contributed by atoms with Crippen LogP contribution >= 0.6 is 0 Å². The molecule has 7 nitrogen and oxygen atoms in total. The van der Waals surface area contributed by atoms with E-state index in [0.717, 1.165) is 0 Å². The topological polar surface area (TPSA) is 87.1 Å². The first-order valence-electron chi connectivity index (χ1n) is 8.20. The highest BCUT2D eigenvalue weighted by Crippen LogP contribution is 2.21. The van der Waals surface area contributed by atoms with Crippen molar-refractivity contribution in [3.05, 3.63) is 48.7 Å². The minimum atomic E-state index is -1.21. The van der Waals surface area contributed by atoms with Gasteiger partial charge in [0.15, 0.2) is 5.92 Å². The third kappa shape index (κ3) is 5.70. The first-order valence-corrected chi connectivity index (χ1v) is 8.20. The van der Waals surface area contributed by atoms with Gasteiger partial charge in [0.05, 0.1) is 25.1 Å². The summed E-state index contributed by atoms with van der Waals surface area (Å²) in [6.45, 7) is 3.64. The maximum atomic E-state index is 11.9. The minimum absolute atomic E-state index is 0.162. The lowest BCUT2D eigenvalue weighted by Gasteiger charge is -2.10. The fourth-order valence-corrected chi connectivity index (χ4v) is 1.96. The molecular formula is C19H20N2O5. The number of aliphatic imine (C=N–C) groups is 1. The Bertz CT molecular complexity index is 726. The summed E-state index contributed by atoms with van der Waals surface area (Å²) >= 11 is 0. The van der Waals surface area contributed by atoms with Crippen molar-refractivity contribution in [1.29, 1.82) is 0 Å². The number of para-hydroxylation sites is 1. The van der Waals surface area contributed by atoms with Crippen LogP contribution in [-0.4, -0.2) is 36.4 Å². The fourth-order valence-electron chi connectivity index (χ4n) is 1.96. The zero-order valence-corrected chi connectivity index (χ0v) is 14.6. The third-order valence-corrected chi connectivity index (χ3v) is 3.14. The molecule has 0 unspecified atom stereocenters. The molecule has 1 aromatic heterocycles. The number of carbonyl (C=O) groups excluding carboxylic acids is 2. The number of benzene rings is 1. The second-order valence-corrected chi connectivity index (χ2v) is 5.03. The van der Waals surface area contributed by atoms with Crippen molar-refractivity contribution in [3.63, 3.8) is 0 Å². The van der Waals surface area contributed by atoms with E-state index in [0.29, 0.717) is 17.3 Å². The summed E-state index contributed by atoms with van der Waals surface area (Å²) in [4.78, 5) is 32.0. The Kier molecular flexibility index (Phi) is 7.30. The number of hydrogen-bond donors (Lipinski definition) is 0.